The molecule has 0 spiro atoms. The third-order valence-electron chi connectivity index (χ3n) is 2.44. The van der Waals surface area contributed by atoms with Gasteiger partial charge in [-0.05, 0) is 44.0 Å². The minimum Gasteiger partial charge on any atom is -0.399 e. The second kappa shape index (κ2) is 4.89. The van der Waals surface area contributed by atoms with Gasteiger partial charge < -0.3 is 10.6 Å². The average Bonchev–Trinajstić information content (AvgIpc) is 2.15. The molecule has 0 saturated carbocycles. The van der Waals surface area contributed by atoms with Crippen LogP contribution in [-0.4, -0.2) is 13.1 Å². The molecule has 2 N–H and O–H groups in total. The summed E-state index contributed by atoms with van der Waals surface area (Å²) in [6, 6.07) is 6.12. The molecule has 0 aliphatic rings. The Hall–Kier alpha value is -1.18. The molecule has 1 aromatic rings. The van der Waals surface area contributed by atoms with Gasteiger partial charge in [0.2, 0.25) is 0 Å². The summed E-state index contributed by atoms with van der Waals surface area (Å²) in [7, 11) is 0. The van der Waals surface area contributed by atoms with Crippen LogP contribution in [0.2, 0.25) is 0 Å². The molecule has 0 radical (unpaired) electrons. The second-order valence-corrected chi connectivity index (χ2v) is 3.63. The van der Waals surface area contributed by atoms with E-state index in [0.717, 1.165) is 18.8 Å². The van der Waals surface area contributed by atoms with Gasteiger partial charge in [0, 0.05) is 24.5 Å². The van der Waals surface area contributed by atoms with Crippen LogP contribution in [0.3, 0.4) is 0 Å². The number of nitrogens with two attached hydrogens (primary N) is 1. The Morgan fingerprint density at radius 1 is 1.29 bits per heavy atom. The van der Waals surface area contributed by atoms with Crippen molar-refractivity contribution in [3.05, 3.63) is 23.8 Å². The maximum atomic E-state index is 5.72. The summed E-state index contributed by atoms with van der Waals surface area (Å²) in [6.45, 7) is 8.67. The molecule has 0 amide bonds. The van der Waals surface area contributed by atoms with Crippen LogP contribution in [0, 0.1) is 6.92 Å². The summed E-state index contributed by atoms with van der Waals surface area (Å²) in [5, 5.41) is 0. The zero-order chi connectivity index (χ0) is 10.6. The molecule has 1 aromatic carbocycles. The lowest BCUT2D eigenvalue weighted by atomic mass is 10.1. The Labute approximate surface area is 86.7 Å². The van der Waals surface area contributed by atoms with Crippen LogP contribution in [0.4, 0.5) is 11.4 Å². The molecule has 0 heterocycles. The predicted molar refractivity (Wildman–Crippen MR) is 63.8 cm³/mol. The van der Waals surface area contributed by atoms with Gasteiger partial charge >= 0.3 is 0 Å². The molecule has 0 aliphatic heterocycles. The molecule has 0 aliphatic carbocycles. The minimum atomic E-state index is 0.846. The monoisotopic (exact) mass is 192 g/mol. The van der Waals surface area contributed by atoms with Crippen LogP contribution in [0.5, 0.6) is 0 Å². The van der Waals surface area contributed by atoms with E-state index >= 15 is 0 Å². The zero-order valence-corrected chi connectivity index (χ0v) is 9.38. The van der Waals surface area contributed by atoms with Crippen LogP contribution >= 0.6 is 0 Å². The lowest BCUT2D eigenvalue weighted by Crippen LogP contribution is -2.24. The second-order valence-electron chi connectivity index (χ2n) is 3.63. The molecule has 2 nitrogen and oxygen atoms in total. The number of anilines is 2. The van der Waals surface area contributed by atoms with Gasteiger partial charge in [-0.15, -0.1) is 0 Å². The van der Waals surface area contributed by atoms with Gasteiger partial charge in [-0.1, -0.05) is 6.92 Å². The van der Waals surface area contributed by atoms with Crippen LogP contribution in [0.15, 0.2) is 18.2 Å². The minimum absolute atomic E-state index is 0.846. The summed E-state index contributed by atoms with van der Waals surface area (Å²) in [5.41, 5.74) is 9.14. The Balaban J connectivity index is 2.92. The number of nitrogen functional groups attached to an aromatic ring is 1. The van der Waals surface area contributed by atoms with Gasteiger partial charge in [0.15, 0.2) is 0 Å². The van der Waals surface area contributed by atoms with Crippen molar-refractivity contribution in [2.75, 3.05) is 23.7 Å². The molecule has 0 fully saturated rings. The van der Waals surface area contributed by atoms with E-state index in [4.69, 9.17) is 5.73 Å². The van der Waals surface area contributed by atoms with Crippen molar-refractivity contribution in [1.82, 2.24) is 0 Å². The summed E-state index contributed by atoms with van der Waals surface area (Å²) >= 11 is 0. The first kappa shape index (κ1) is 10.9. The van der Waals surface area contributed by atoms with Crippen molar-refractivity contribution in [3.8, 4) is 0 Å². The maximum Gasteiger partial charge on any atom is 0.0397 e. The number of hydrogen-bond acceptors (Lipinski definition) is 2. The fraction of sp³-hybridized carbons (Fsp3) is 0.500. The zero-order valence-electron chi connectivity index (χ0n) is 9.38. The van der Waals surface area contributed by atoms with Gasteiger partial charge in [-0.25, -0.2) is 0 Å². The highest BCUT2D eigenvalue weighted by Crippen LogP contribution is 2.22. The number of nitrogens with zero attached hydrogens (tertiary/aromatic N) is 1. The summed E-state index contributed by atoms with van der Waals surface area (Å²) in [4.78, 5) is 2.38. The van der Waals surface area contributed by atoms with Crippen LogP contribution in [0.1, 0.15) is 25.8 Å². The normalized spacial score (nSPS) is 10.2. The van der Waals surface area contributed by atoms with Gasteiger partial charge in [0.25, 0.3) is 0 Å². The SMILES string of the molecule is CCCN(CC)c1ccc(N)cc1C. The van der Waals surface area contributed by atoms with Crippen molar-refractivity contribution in [1.29, 1.82) is 0 Å². The highest BCUT2D eigenvalue weighted by Gasteiger charge is 2.05. The number of rotatable bonds is 4. The van der Waals surface area contributed by atoms with Crippen LogP contribution in [0.25, 0.3) is 0 Å². The van der Waals surface area contributed by atoms with E-state index in [1.807, 2.05) is 12.1 Å². The van der Waals surface area contributed by atoms with Gasteiger partial charge in [-0.2, -0.15) is 0 Å². The van der Waals surface area contributed by atoms with E-state index in [9.17, 15) is 0 Å². The van der Waals surface area contributed by atoms with E-state index in [-0.39, 0.29) is 0 Å². The molecule has 0 bridgehead atoms. The Kier molecular flexibility index (Phi) is 3.81. The summed E-state index contributed by atoms with van der Waals surface area (Å²) < 4.78 is 0. The fourth-order valence-corrected chi connectivity index (χ4v) is 1.75. The van der Waals surface area contributed by atoms with E-state index in [1.165, 1.54) is 17.7 Å². The first-order valence-electron chi connectivity index (χ1n) is 5.30. The molecule has 0 saturated heterocycles. The third-order valence-corrected chi connectivity index (χ3v) is 2.44. The van der Waals surface area contributed by atoms with Crippen LogP contribution < -0.4 is 10.6 Å². The van der Waals surface area contributed by atoms with Crippen molar-refractivity contribution >= 4 is 11.4 Å². The molecular weight excluding hydrogens is 172 g/mol. The van der Waals surface area contributed by atoms with E-state index in [1.54, 1.807) is 0 Å². The lowest BCUT2D eigenvalue weighted by Gasteiger charge is -2.24. The standard InChI is InChI=1S/C12H20N2/c1-4-8-14(5-2)12-7-6-11(13)9-10(12)3/h6-7,9H,4-5,8,13H2,1-3H3. The number of aryl methyl sites for hydroxylation is 1. The first-order chi connectivity index (χ1) is 6.69. The number of hydrogen-bond donors (Lipinski definition) is 1. The summed E-state index contributed by atoms with van der Waals surface area (Å²) in [6.07, 6.45) is 1.18. The molecule has 2 heteroatoms. The quantitative estimate of drug-likeness (QED) is 0.743. The van der Waals surface area contributed by atoms with E-state index < -0.39 is 0 Å². The third kappa shape index (κ3) is 2.41. The van der Waals surface area contributed by atoms with E-state index in [0.29, 0.717) is 0 Å². The molecule has 14 heavy (non-hydrogen) atoms. The first-order valence-corrected chi connectivity index (χ1v) is 5.30. The molecular formula is C12H20N2. The van der Waals surface area contributed by atoms with Gasteiger partial charge in [-0.3, -0.25) is 0 Å². The molecule has 78 valence electrons. The number of benzene rings is 1. The van der Waals surface area contributed by atoms with Gasteiger partial charge in [0.1, 0.15) is 0 Å². The fourth-order valence-electron chi connectivity index (χ4n) is 1.75. The molecule has 0 atom stereocenters. The Morgan fingerprint density at radius 3 is 2.50 bits per heavy atom. The topological polar surface area (TPSA) is 29.3 Å². The largest absolute Gasteiger partial charge is 0.399 e. The van der Waals surface area contributed by atoms with Crippen molar-refractivity contribution < 1.29 is 0 Å². The van der Waals surface area contributed by atoms with Crippen molar-refractivity contribution in [3.63, 3.8) is 0 Å². The molecule has 1 rings (SSSR count). The molecule has 0 aromatic heterocycles. The summed E-state index contributed by atoms with van der Waals surface area (Å²) in [5.74, 6) is 0. The van der Waals surface area contributed by atoms with Crippen molar-refractivity contribution in [2.24, 2.45) is 0 Å². The molecule has 0 unspecified atom stereocenters. The Morgan fingerprint density at radius 2 is 2.00 bits per heavy atom. The van der Waals surface area contributed by atoms with E-state index in [2.05, 4.69) is 31.7 Å². The average molecular weight is 192 g/mol. The van der Waals surface area contributed by atoms with Crippen LogP contribution in [-0.2, 0) is 0 Å². The lowest BCUT2D eigenvalue weighted by molar-refractivity contribution is 0.789. The Bertz CT molecular complexity index is 294. The highest BCUT2D eigenvalue weighted by atomic mass is 15.1. The predicted octanol–water partition coefficient (Wildman–Crippen LogP) is 2.81. The highest BCUT2D eigenvalue weighted by molar-refractivity contribution is 5.59. The smallest absolute Gasteiger partial charge is 0.0397 e. The van der Waals surface area contributed by atoms with Gasteiger partial charge in [0.05, 0.1) is 0 Å². The maximum absolute atomic E-state index is 5.72. The van der Waals surface area contributed by atoms with Crippen molar-refractivity contribution in [2.45, 2.75) is 27.2 Å².